The zero-order valence-corrected chi connectivity index (χ0v) is 9.83. The highest BCUT2D eigenvalue weighted by atomic mass is 16.2. The van der Waals surface area contributed by atoms with E-state index in [1.54, 1.807) is 0 Å². The largest absolute Gasteiger partial charge is 0.396 e. The van der Waals surface area contributed by atoms with Gasteiger partial charge in [-0.15, -0.1) is 0 Å². The molecule has 0 saturated heterocycles. The Bertz CT molecular complexity index is 175. The molecule has 0 aromatic heterocycles. The molecule has 2 aliphatic carbocycles. The third-order valence-corrected chi connectivity index (χ3v) is 3.61. The Balaban J connectivity index is 1.53. The summed E-state index contributed by atoms with van der Waals surface area (Å²) in [4.78, 5) is 2.73. The van der Waals surface area contributed by atoms with Crippen LogP contribution in [0.2, 0.25) is 0 Å². The first-order valence-corrected chi connectivity index (χ1v) is 6.75. The average Bonchev–Trinajstić information content (AvgIpc) is 3.08. The summed E-state index contributed by atoms with van der Waals surface area (Å²) in [7, 11) is 0. The van der Waals surface area contributed by atoms with E-state index in [0.29, 0.717) is 6.61 Å². The molecule has 1 N–H and O–H groups in total. The van der Waals surface area contributed by atoms with Crippen LogP contribution in [0.4, 0.5) is 0 Å². The molecule has 88 valence electrons. The van der Waals surface area contributed by atoms with Gasteiger partial charge < -0.3 is 10.0 Å². The Labute approximate surface area is 93.7 Å². The van der Waals surface area contributed by atoms with Crippen molar-refractivity contribution in [2.24, 2.45) is 5.92 Å². The highest BCUT2D eigenvalue weighted by Crippen LogP contribution is 2.34. The minimum absolute atomic E-state index is 0.369. The average molecular weight is 211 g/mol. The fourth-order valence-corrected chi connectivity index (χ4v) is 2.27. The molecular formula is C13H25NO. The van der Waals surface area contributed by atoms with Gasteiger partial charge in [0.1, 0.15) is 0 Å². The maximum absolute atomic E-state index is 8.69. The van der Waals surface area contributed by atoms with Crippen molar-refractivity contribution in [3.8, 4) is 0 Å². The topological polar surface area (TPSA) is 23.5 Å². The molecule has 0 atom stereocenters. The van der Waals surface area contributed by atoms with Crippen molar-refractivity contribution in [2.75, 3.05) is 19.7 Å². The van der Waals surface area contributed by atoms with Crippen LogP contribution in [0.25, 0.3) is 0 Å². The van der Waals surface area contributed by atoms with E-state index in [1.165, 1.54) is 58.0 Å². The maximum atomic E-state index is 8.69. The fourth-order valence-electron chi connectivity index (χ4n) is 2.27. The molecule has 2 nitrogen and oxygen atoms in total. The molecule has 0 amide bonds. The molecule has 0 spiro atoms. The lowest BCUT2D eigenvalue weighted by atomic mass is 10.2. The van der Waals surface area contributed by atoms with Crippen molar-refractivity contribution in [1.29, 1.82) is 0 Å². The molecule has 15 heavy (non-hydrogen) atoms. The SMILES string of the molecule is OCCCCCCN(CC1CC1)C1CC1. The van der Waals surface area contributed by atoms with Gasteiger partial charge in [-0.1, -0.05) is 12.8 Å². The summed E-state index contributed by atoms with van der Waals surface area (Å²) in [5.74, 6) is 1.04. The fraction of sp³-hybridized carbons (Fsp3) is 1.00. The smallest absolute Gasteiger partial charge is 0.0431 e. The molecule has 0 aromatic carbocycles. The molecule has 2 fully saturated rings. The lowest BCUT2D eigenvalue weighted by Crippen LogP contribution is -2.29. The number of unbranched alkanes of at least 4 members (excludes halogenated alkanes) is 3. The van der Waals surface area contributed by atoms with Crippen molar-refractivity contribution < 1.29 is 5.11 Å². The first-order chi connectivity index (χ1) is 7.40. The standard InChI is InChI=1S/C13H25NO/c15-10-4-2-1-3-9-14(13-7-8-13)11-12-5-6-12/h12-13,15H,1-11H2. The van der Waals surface area contributed by atoms with E-state index in [2.05, 4.69) is 4.90 Å². The van der Waals surface area contributed by atoms with Gasteiger partial charge in [-0.3, -0.25) is 0 Å². The van der Waals surface area contributed by atoms with Crippen molar-refractivity contribution >= 4 is 0 Å². The molecule has 2 heteroatoms. The Morgan fingerprint density at radius 1 is 0.933 bits per heavy atom. The highest BCUT2D eigenvalue weighted by molar-refractivity contribution is 4.88. The van der Waals surface area contributed by atoms with Gasteiger partial charge in [-0.25, -0.2) is 0 Å². The zero-order valence-electron chi connectivity index (χ0n) is 9.83. The molecule has 2 aliphatic rings. The van der Waals surface area contributed by atoms with Gasteiger partial charge in [0.2, 0.25) is 0 Å². The molecule has 0 aromatic rings. The zero-order chi connectivity index (χ0) is 10.5. The summed E-state index contributed by atoms with van der Waals surface area (Å²) >= 11 is 0. The third kappa shape index (κ3) is 4.52. The number of hydrogen-bond acceptors (Lipinski definition) is 2. The Kier molecular flexibility index (Phi) is 4.45. The van der Waals surface area contributed by atoms with E-state index in [0.717, 1.165) is 18.4 Å². The van der Waals surface area contributed by atoms with Crippen molar-refractivity contribution in [1.82, 2.24) is 4.90 Å². The molecule has 2 rings (SSSR count). The normalized spacial score (nSPS) is 21.2. The van der Waals surface area contributed by atoms with Gasteiger partial charge in [-0.05, 0) is 51.0 Å². The van der Waals surface area contributed by atoms with Crippen LogP contribution in [0, 0.1) is 5.92 Å². The quantitative estimate of drug-likeness (QED) is 0.592. The van der Waals surface area contributed by atoms with E-state index in [1.807, 2.05) is 0 Å². The van der Waals surface area contributed by atoms with Crippen LogP contribution in [-0.2, 0) is 0 Å². The molecule has 0 bridgehead atoms. The first-order valence-electron chi connectivity index (χ1n) is 6.75. The Morgan fingerprint density at radius 3 is 2.27 bits per heavy atom. The maximum Gasteiger partial charge on any atom is 0.0431 e. The second kappa shape index (κ2) is 5.86. The van der Waals surface area contributed by atoms with Crippen LogP contribution in [0.5, 0.6) is 0 Å². The van der Waals surface area contributed by atoms with Gasteiger partial charge in [-0.2, -0.15) is 0 Å². The van der Waals surface area contributed by atoms with Crippen molar-refractivity contribution in [2.45, 2.75) is 57.4 Å². The molecule has 0 heterocycles. The molecule has 0 radical (unpaired) electrons. The van der Waals surface area contributed by atoms with E-state index in [4.69, 9.17) is 5.11 Å². The Morgan fingerprint density at radius 2 is 1.67 bits per heavy atom. The molecule has 0 aliphatic heterocycles. The summed E-state index contributed by atoms with van der Waals surface area (Å²) in [6.45, 7) is 3.06. The van der Waals surface area contributed by atoms with E-state index in [9.17, 15) is 0 Å². The van der Waals surface area contributed by atoms with Gasteiger partial charge in [0.25, 0.3) is 0 Å². The number of aliphatic hydroxyl groups excluding tert-OH is 1. The monoisotopic (exact) mass is 211 g/mol. The van der Waals surface area contributed by atoms with Gasteiger partial charge in [0.05, 0.1) is 0 Å². The second-order valence-electron chi connectivity index (χ2n) is 5.31. The summed E-state index contributed by atoms with van der Waals surface area (Å²) in [5.41, 5.74) is 0. The molecule has 2 saturated carbocycles. The summed E-state index contributed by atoms with van der Waals surface area (Å²) in [5, 5.41) is 8.69. The van der Waals surface area contributed by atoms with E-state index in [-0.39, 0.29) is 0 Å². The number of nitrogens with zero attached hydrogens (tertiary/aromatic N) is 1. The number of aliphatic hydroxyl groups is 1. The van der Waals surface area contributed by atoms with Crippen LogP contribution >= 0.6 is 0 Å². The van der Waals surface area contributed by atoms with Crippen LogP contribution in [0.15, 0.2) is 0 Å². The number of hydrogen-bond donors (Lipinski definition) is 1. The van der Waals surface area contributed by atoms with Gasteiger partial charge in [0.15, 0.2) is 0 Å². The molecular weight excluding hydrogens is 186 g/mol. The number of rotatable bonds is 9. The summed E-state index contributed by atoms with van der Waals surface area (Å²) in [6.07, 6.45) is 10.7. The third-order valence-electron chi connectivity index (χ3n) is 3.61. The second-order valence-corrected chi connectivity index (χ2v) is 5.31. The van der Waals surface area contributed by atoms with Crippen molar-refractivity contribution in [3.05, 3.63) is 0 Å². The minimum Gasteiger partial charge on any atom is -0.396 e. The lowest BCUT2D eigenvalue weighted by Gasteiger charge is -2.21. The molecule has 0 unspecified atom stereocenters. The van der Waals surface area contributed by atoms with E-state index < -0.39 is 0 Å². The van der Waals surface area contributed by atoms with Crippen LogP contribution in [-0.4, -0.2) is 35.7 Å². The predicted molar refractivity (Wildman–Crippen MR) is 62.9 cm³/mol. The minimum atomic E-state index is 0.369. The van der Waals surface area contributed by atoms with Gasteiger partial charge in [0, 0.05) is 19.2 Å². The van der Waals surface area contributed by atoms with Crippen LogP contribution in [0.1, 0.15) is 51.4 Å². The van der Waals surface area contributed by atoms with Crippen LogP contribution in [0.3, 0.4) is 0 Å². The summed E-state index contributed by atoms with van der Waals surface area (Å²) < 4.78 is 0. The van der Waals surface area contributed by atoms with Crippen LogP contribution < -0.4 is 0 Å². The lowest BCUT2D eigenvalue weighted by molar-refractivity contribution is 0.242. The summed E-state index contributed by atoms with van der Waals surface area (Å²) in [6, 6.07) is 0.948. The van der Waals surface area contributed by atoms with Gasteiger partial charge >= 0.3 is 0 Å². The predicted octanol–water partition coefficient (Wildman–Crippen LogP) is 2.41. The van der Waals surface area contributed by atoms with Crippen molar-refractivity contribution in [3.63, 3.8) is 0 Å². The first kappa shape index (κ1) is 11.4. The Hall–Kier alpha value is -0.0800. The van der Waals surface area contributed by atoms with E-state index >= 15 is 0 Å². The highest BCUT2D eigenvalue weighted by Gasteiger charge is 2.32.